The van der Waals surface area contributed by atoms with Gasteiger partial charge in [0.15, 0.2) is 0 Å². The van der Waals surface area contributed by atoms with Gasteiger partial charge in [-0.05, 0) is 24.6 Å². The van der Waals surface area contributed by atoms with Gasteiger partial charge in [-0.3, -0.25) is 0 Å². The fourth-order valence-corrected chi connectivity index (χ4v) is 0.856. The van der Waals surface area contributed by atoms with Crippen LogP contribution in [0.15, 0.2) is 24.3 Å². The van der Waals surface area contributed by atoms with Crippen molar-refractivity contribution >= 4 is 0 Å². The first-order valence-electron chi connectivity index (χ1n) is 3.38. The zero-order valence-corrected chi connectivity index (χ0v) is 6.21. The van der Waals surface area contributed by atoms with Gasteiger partial charge in [0.05, 0.1) is 11.6 Å². The highest BCUT2D eigenvalue weighted by Gasteiger charge is 2.01. The van der Waals surface area contributed by atoms with Crippen LogP contribution in [0.1, 0.15) is 24.2 Å². The van der Waals surface area contributed by atoms with E-state index in [-0.39, 0.29) is 0 Å². The van der Waals surface area contributed by atoms with Crippen LogP contribution in [-0.2, 0) is 0 Å². The Morgan fingerprint density at radius 2 is 2.27 bits per heavy atom. The Kier molecular flexibility index (Phi) is 2.22. The lowest BCUT2D eigenvalue weighted by atomic mass is 10.1. The van der Waals surface area contributed by atoms with Crippen molar-refractivity contribution in [2.75, 3.05) is 0 Å². The van der Waals surface area contributed by atoms with Crippen molar-refractivity contribution in [3.05, 3.63) is 35.4 Å². The van der Waals surface area contributed by atoms with Crippen LogP contribution in [0.25, 0.3) is 0 Å². The summed E-state index contributed by atoms with van der Waals surface area (Å²) in [7, 11) is 0. The van der Waals surface area contributed by atoms with Crippen molar-refractivity contribution in [2.45, 2.75) is 13.1 Å². The first-order chi connectivity index (χ1) is 5.24. The van der Waals surface area contributed by atoms with Crippen LogP contribution in [0.4, 0.5) is 4.39 Å². The van der Waals surface area contributed by atoms with Crippen LogP contribution < -0.4 is 0 Å². The molecule has 0 N–H and O–H groups in total. The molecular formula is C9H8FN. The summed E-state index contributed by atoms with van der Waals surface area (Å²) >= 11 is 0. The fourth-order valence-electron chi connectivity index (χ4n) is 0.856. The zero-order valence-electron chi connectivity index (χ0n) is 6.21. The molecule has 2 heteroatoms. The highest BCUT2D eigenvalue weighted by molar-refractivity contribution is 5.33. The first-order valence-corrected chi connectivity index (χ1v) is 3.38. The molecule has 0 spiro atoms. The van der Waals surface area contributed by atoms with E-state index in [0.717, 1.165) is 0 Å². The van der Waals surface area contributed by atoms with E-state index < -0.39 is 6.17 Å². The van der Waals surface area contributed by atoms with Gasteiger partial charge in [0.1, 0.15) is 6.17 Å². The minimum atomic E-state index is -0.997. The summed E-state index contributed by atoms with van der Waals surface area (Å²) in [6.07, 6.45) is -0.997. The van der Waals surface area contributed by atoms with Crippen molar-refractivity contribution < 1.29 is 4.39 Å². The fraction of sp³-hybridized carbons (Fsp3) is 0.222. The molecule has 0 saturated carbocycles. The molecule has 0 aliphatic heterocycles. The van der Waals surface area contributed by atoms with Crippen LogP contribution >= 0.6 is 0 Å². The van der Waals surface area contributed by atoms with Crippen LogP contribution in [0.2, 0.25) is 0 Å². The molecule has 0 saturated heterocycles. The number of benzene rings is 1. The maximum Gasteiger partial charge on any atom is 0.122 e. The first kappa shape index (κ1) is 7.74. The van der Waals surface area contributed by atoms with Gasteiger partial charge in [0, 0.05) is 0 Å². The molecule has 1 rings (SSSR count). The number of nitriles is 1. The predicted octanol–water partition coefficient (Wildman–Crippen LogP) is 2.59. The van der Waals surface area contributed by atoms with E-state index >= 15 is 0 Å². The van der Waals surface area contributed by atoms with E-state index in [2.05, 4.69) is 0 Å². The van der Waals surface area contributed by atoms with Crippen LogP contribution in [-0.4, -0.2) is 0 Å². The summed E-state index contributed by atoms with van der Waals surface area (Å²) in [6.45, 7) is 1.45. The van der Waals surface area contributed by atoms with E-state index in [9.17, 15) is 4.39 Å². The van der Waals surface area contributed by atoms with Crippen molar-refractivity contribution in [2.24, 2.45) is 0 Å². The number of hydrogen-bond acceptors (Lipinski definition) is 1. The van der Waals surface area contributed by atoms with Gasteiger partial charge < -0.3 is 0 Å². The Morgan fingerprint density at radius 3 is 2.82 bits per heavy atom. The SMILES string of the molecule is CC(F)c1cccc(C#N)c1. The molecule has 0 amide bonds. The molecule has 0 radical (unpaired) electrons. The Morgan fingerprint density at radius 1 is 1.55 bits per heavy atom. The molecule has 0 aliphatic carbocycles. The molecule has 0 bridgehead atoms. The van der Waals surface area contributed by atoms with Crippen LogP contribution in [0.3, 0.4) is 0 Å². The zero-order chi connectivity index (χ0) is 8.27. The molecule has 11 heavy (non-hydrogen) atoms. The molecule has 1 nitrogen and oxygen atoms in total. The lowest BCUT2D eigenvalue weighted by Crippen LogP contribution is -1.85. The van der Waals surface area contributed by atoms with Gasteiger partial charge in [-0.25, -0.2) is 4.39 Å². The van der Waals surface area contributed by atoms with E-state index in [0.29, 0.717) is 11.1 Å². The third kappa shape index (κ3) is 1.78. The molecule has 1 unspecified atom stereocenters. The Hall–Kier alpha value is -1.36. The standard InChI is InChI=1S/C9H8FN/c1-7(10)9-4-2-3-8(5-9)6-11/h2-5,7H,1H3. The lowest BCUT2D eigenvalue weighted by molar-refractivity contribution is 0.374. The number of hydrogen-bond donors (Lipinski definition) is 0. The lowest BCUT2D eigenvalue weighted by Gasteiger charge is -2.00. The topological polar surface area (TPSA) is 23.8 Å². The Bertz CT molecular complexity index is 286. The molecule has 0 aliphatic rings. The summed E-state index contributed by atoms with van der Waals surface area (Å²) in [6, 6.07) is 8.53. The number of rotatable bonds is 1. The second-order valence-electron chi connectivity index (χ2n) is 2.35. The molecule has 0 heterocycles. The van der Waals surface area contributed by atoms with Crippen molar-refractivity contribution in [1.82, 2.24) is 0 Å². The van der Waals surface area contributed by atoms with Gasteiger partial charge in [-0.15, -0.1) is 0 Å². The van der Waals surface area contributed by atoms with Gasteiger partial charge in [0.2, 0.25) is 0 Å². The molecule has 1 aromatic rings. The molecule has 0 fully saturated rings. The van der Waals surface area contributed by atoms with Crippen molar-refractivity contribution in [1.29, 1.82) is 5.26 Å². The molecule has 0 aromatic heterocycles. The molecular weight excluding hydrogens is 141 g/mol. The molecule has 56 valence electrons. The van der Waals surface area contributed by atoms with Crippen LogP contribution in [0.5, 0.6) is 0 Å². The maximum absolute atomic E-state index is 12.6. The maximum atomic E-state index is 12.6. The minimum Gasteiger partial charge on any atom is -0.243 e. The average Bonchev–Trinajstić information content (AvgIpc) is 2.05. The molecule has 1 atom stereocenters. The summed E-state index contributed by atoms with van der Waals surface area (Å²) in [5.74, 6) is 0. The number of nitrogens with zero attached hydrogens (tertiary/aromatic N) is 1. The Labute approximate surface area is 65.1 Å². The number of alkyl halides is 1. The van der Waals surface area contributed by atoms with Gasteiger partial charge in [0.25, 0.3) is 0 Å². The summed E-state index contributed by atoms with van der Waals surface area (Å²) in [4.78, 5) is 0. The largest absolute Gasteiger partial charge is 0.243 e. The highest BCUT2D eigenvalue weighted by atomic mass is 19.1. The second-order valence-corrected chi connectivity index (χ2v) is 2.35. The summed E-state index contributed by atoms with van der Waals surface area (Å²) in [5, 5.41) is 8.47. The summed E-state index contributed by atoms with van der Waals surface area (Å²) < 4.78 is 12.6. The van der Waals surface area contributed by atoms with Crippen molar-refractivity contribution in [3.63, 3.8) is 0 Å². The highest BCUT2D eigenvalue weighted by Crippen LogP contribution is 2.16. The number of halogens is 1. The quantitative estimate of drug-likeness (QED) is 0.602. The average molecular weight is 149 g/mol. The van der Waals surface area contributed by atoms with Crippen LogP contribution in [0, 0.1) is 11.3 Å². The predicted molar refractivity (Wildman–Crippen MR) is 40.7 cm³/mol. The third-order valence-electron chi connectivity index (χ3n) is 1.48. The second kappa shape index (κ2) is 3.16. The van der Waals surface area contributed by atoms with Gasteiger partial charge >= 0.3 is 0 Å². The normalized spacial score (nSPS) is 12.1. The smallest absolute Gasteiger partial charge is 0.122 e. The Balaban J connectivity index is 3.03. The van der Waals surface area contributed by atoms with E-state index in [1.54, 1.807) is 24.3 Å². The van der Waals surface area contributed by atoms with E-state index in [4.69, 9.17) is 5.26 Å². The van der Waals surface area contributed by atoms with E-state index in [1.165, 1.54) is 6.92 Å². The molecule has 1 aromatic carbocycles. The summed E-state index contributed by atoms with van der Waals surface area (Å²) in [5.41, 5.74) is 1.07. The third-order valence-corrected chi connectivity index (χ3v) is 1.48. The van der Waals surface area contributed by atoms with Gasteiger partial charge in [-0.1, -0.05) is 12.1 Å². The van der Waals surface area contributed by atoms with Gasteiger partial charge in [-0.2, -0.15) is 5.26 Å². The monoisotopic (exact) mass is 149 g/mol. The van der Waals surface area contributed by atoms with Crippen molar-refractivity contribution in [3.8, 4) is 6.07 Å². The minimum absolute atomic E-state index is 0.506. The van der Waals surface area contributed by atoms with E-state index in [1.807, 2.05) is 6.07 Å².